The summed E-state index contributed by atoms with van der Waals surface area (Å²) in [7, 11) is 1.50. The first-order valence-electron chi connectivity index (χ1n) is 7.61. The van der Waals surface area contributed by atoms with Crippen molar-refractivity contribution in [3.8, 4) is 0 Å². The second-order valence-electron chi connectivity index (χ2n) is 4.98. The third-order valence-corrected chi connectivity index (χ3v) is 3.00. The van der Waals surface area contributed by atoms with Crippen molar-refractivity contribution in [2.24, 2.45) is 0 Å². The molecule has 0 aliphatic carbocycles. The van der Waals surface area contributed by atoms with Gasteiger partial charge in [0.25, 0.3) is 0 Å². The van der Waals surface area contributed by atoms with Gasteiger partial charge >= 0.3 is 5.97 Å². The Morgan fingerprint density at radius 1 is 1.33 bits per heavy atom. The molecule has 1 aromatic heterocycles. The minimum absolute atomic E-state index is 0.0275. The molecule has 0 radical (unpaired) electrons. The highest BCUT2D eigenvalue weighted by Crippen LogP contribution is 2.07. The molecule has 0 unspecified atom stereocenters. The van der Waals surface area contributed by atoms with Gasteiger partial charge in [-0.3, -0.25) is 14.4 Å². The Bertz CT molecular complexity index is 557. The number of esters is 1. The van der Waals surface area contributed by atoms with Crippen LogP contribution >= 0.6 is 0 Å². The van der Waals surface area contributed by atoms with E-state index in [-0.39, 0.29) is 50.9 Å². The first-order chi connectivity index (χ1) is 11.5. The Labute approximate surface area is 140 Å². The number of nitrogens with one attached hydrogen (secondary N) is 1. The monoisotopic (exact) mass is 341 g/mol. The quantitative estimate of drug-likeness (QED) is 0.625. The standard InChI is InChI=1S/C15H23N3O6/c1-4-23-15(21)6-5-14(20)18(7-8-22-3)10-13(19)16-12-9-11(2)24-17-12/h9H,4-8,10H2,1-3H3,(H,16,17,19). The van der Waals surface area contributed by atoms with Gasteiger partial charge in [-0.25, -0.2) is 0 Å². The van der Waals surface area contributed by atoms with Crippen LogP contribution in [0.1, 0.15) is 25.5 Å². The van der Waals surface area contributed by atoms with Gasteiger partial charge in [-0.15, -0.1) is 0 Å². The summed E-state index contributed by atoms with van der Waals surface area (Å²) >= 11 is 0. The molecule has 1 rings (SSSR count). The van der Waals surface area contributed by atoms with E-state index in [9.17, 15) is 14.4 Å². The summed E-state index contributed by atoms with van der Waals surface area (Å²) in [6.07, 6.45) is -0.0564. The normalized spacial score (nSPS) is 10.3. The molecular weight excluding hydrogens is 318 g/mol. The number of hydrogen-bond acceptors (Lipinski definition) is 7. The molecule has 0 saturated carbocycles. The summed E-state index contributed by atoms with van der Waals surface area (Å²) in [5.74, 6) is -0.342. The van der Waals surface area contributed by atoms with Crippen molar-refractivity contribution in [1.82, 2.24) is 10.1 Å². The second kappa shape index (κ2) is 10.4. The van der Waals surface area contributed by atoms with E-state index in [1.807, 2.05) is 0 Å². The molecule has 0 aliphatic heterocycles. The van der Waals surface area contributed by atoms with Crippen LogP contribution in [0.25, 0.3) is 0 Å². The Morgan fingerprint density at radius 3 is 2.67 bits per heavy atom. The summed E-state index contributed by atoms with van der Waals surface area (Å²) in [4.78, 5) is 36.9. The van der Waals surface area contributed by atoms with Gasteiger partial charge in [-0.2, -0.15) is 0 Å². The summed E-state index contributed by atoms with van der Waals surface area (Å²) in [5.41, 5.74) is 0. The SMILES string of the molecule is CCOC(=O)CCC(=O)N(CCOC)CC(=O)Nc1cc(C)on1. The smallest absolute Gasteiger partial charge is 0.306 e. The van der Waals surface area contributed by atoms with Crippen molar-refractivity contribution in [2.75, 3.05) is 38.7 Å². The van der Waals surface area contributed by atoms with Crippen LogP contribution in [-0.2, 0) is 23.9 Å². The zero-order valence-electron chi connectivity index (χ0n) is 14.2. The number of aryl methyl sites for hydroxylation is 1. The molecule has 9 heteroatoms. The van der Waals surface area contributed by atoms with Crippen molar-refractivity contribution in [3.05, 3.63) is 11.8 Å². The molecule has 0 fully saturated rings. The Kier molecular flexibility index (Phi) is 8.48. The van der Waals surface area contributed by atoms with Gasteiger partial charge in [0.1, 0.15) is 5.76 Å². The number of aromatic nitrogens is 1. The van der Waals surface area contributed by atoms with Gasteiger partial charge in [0.15, 0.2) is 5.82 Å². The van der Waals surface area contributed by atoms with Gasteiger partial charge in [-0.1, -0.05) is 5.16 Å². The van der Waals surface area contributed by atoms with Crippen LogP contribution in [0.3, 0.4) is 0 Å². The minimum atomic E-state index is -0.444. The molecule has 1 heterocycles. The summed E-state index contributed by atoms with van der Waals surface area (Å²) in [5, 5.41) is 6.19. The average Bonchev–Trinajstić information content (AvgIpc) is 2.94. The minimum Gasteiger partial charge on any atom is -0.466 e. The molecule has 24 heavy (non-hydrogen) atoms. The number of nitrogens with zero attached hydrogens (tertiary/aromatic N) is 2. The van der Waals surface area contributed by atoms with E-state index < -0.39 is 11.9 Å². The van der Waals surface area contributed by atoms with Crippen molar-refractivity contribution in [3.63, 3.8) is 0 Å². The third-order valence-electron chi connectivity index (χ3n) is 3.00. The van der Waals surface area contributed by atoms with E-state index in [1.165, 1.54) is 12.0 Å². The maximum atomic E-state index is 12.2. The van der Waals surface area contributed by atoms with E-state index in [0.29, 0.717) is 5.76 Å². The number of methoxy groups -OCH3 is 1. The van der Waals surface area contributed by atoms with Crippen molar-refractivity contribution in [1.29, 1.82) is 0 Å². The van der Waals surface area contributed by atoms with E-state index in [2.05, 4.69) is 10.5 Å². The van der Waals surface area contributed by atoms with E-state index in [1.54, 1.807) is 19.9 Å². The Hall–Kier alpha value is -2.42. The van der Waals surface area contributed by atoms with Crippen LogP contribution in [0.15, 0.2) is 10.6 Å². The van der Waals surface area contributed by atoms with E-state index in [0.717, 1.165) is 0 Å². The van der Waals surface area contributed by atoms with Crippen LogP contribution in [0.2, 0.25) is 0 Å². The summed E-state index contributed by atoms with van der Waals surface area (Å²) in [6.45, 7) is 4.01. The molecule has 0 spiro atoms. The largest absolute Gasteiger partial charge is 0.466 e. The molecule has 1 N–H and O–H groups in total. The molecule has 0 saturated heterocycles. The number of amides is 2. The van der Waals surface area contributed by atoms with Crippen LogP contribution < -0.4 is 5.32 Å². The highest BCUT2D eigenvalue weighted by Gasteiger charge is 2.19. The number of ether oxygens (including phenoxy) is 2. The second-order valence-corrected chi connectivity index (χ2v) is 4.98. The topological polar surface area (TPSA) is 111 Å². The summed E-state index contributed by atoms with van der Waals surface area (Å²) in [6, 6.07) is 1.57. The van der Waals surface area contributed by atoms with Crippen LogP contribution in [-0.4, -0.2) is 61.3 Å². The van der Waals surface area contributed by atoms with Gasteiger partial charge < -0.3 is 24.2 Å². The van der Waals surface area contributed by atoms with Crippen LogP contribution in [0.5, 0.6) is 0 Å². The first-order valence-corrected chi connectivity index (χ1v) is 7.61. The summed E-state index contributed by atoms with van der Waals surface area (Å²) < 4.78 is 14.6. The molecule has 9 nitrogen and oxygen atoms in total. The van der Waals surface area contributed by atoms with E-state index >= 15 is 0 Å². The lowest BCUT2D eigenvalue weighted by Crippen LogP contribution is -2.40. The molecule has 2 amide bonds. The molecular formula is C15H23N3O6. The maximum Gasteiger partial charge on any atom is 0.306 e. The van der Waals surface area contributed by atoms with Gasteiger partial charge in [0.05, 0.1) is 26.2 Å². The maximum absolute atomic E-state index is 12.2. The van der Waals surface area contributed by atoms with Crippen molar-refractivity contribution < 1.29 is 28.4 Å². The predicted molar refractivity (Wildman–Crippen MR) is 84.2 cm³/mol. The number of rotatable bonds is 10. The molecule has 0 bridgehead atoms. The number of hydrogen-bond donors (Lipinski definition) is 1. The molecule has 0 aliphatic rings. The number of carbonyl (C=O) groups is 3. The van der Waals surface area contributed by atoms with Crippen LogP contribution in [0.4, 0.5) is 5.82 Å². The third kappa shape index (κ3) is 7.23. The fraction of sp³-hybridized carbons (Fsp3) is 0.600. The molecule has 1 aromatic rings. The van der Waals surface area contributed by atoms with Gasteiger partial charge in [0.2, 0.25) is 11.8 Å². The Balaban J connectivity index is 2.54. The lowest BCUT2D eigenvalue weighted by Gasteiger charge is -2.21. The average molecular weight is 341 g/mol. The lowest BCUT2D eigenvalue weighted by molar-refractivity contribution is -0.146. The molecule has 0 atom stereocenters. The van der Waals surface area contributed by atoms with Gasteiger partial charge in [0, 0.05) is 26.1 Å². The number of anilines is 1. The Morgan fingerprint density at radius 2 is 2.08 bits per heavy atom. The fourth-order valence-electron chi connectivity index (χ4n) is 1.87. The molecule has 134 valence electrons. The zero-order valence-corrected chi connectivity index (χ0v) is 14.2. The molecule has 0 aromatic carbocycles. The predicted octanol–water partition coefficient (Wildman–Crippen LogP) is 0.740. The highest BCUT2D eigenvalue weighted by atomic mass is 16.5. The van der Waals surface area contributed by atoms with Crippen molar-refractivity contribution >= 4 is 23.6 Å². The lowest BCUT2D eigenvalue weighted by atomic mass is 10.2. The van der Waals surface area contributed by atoms with Gasteiger partial charge in [-0.05, 0) is 13.8 Å². The number of carbonyl (C=O) groups excluding carboxylic acids is 3. The van der Waals surface area contributed by atoms with Crippen LogP contribution in [0, 0.1) is 6.92 Å². The fourth-order valence-corrected chi connectivity index (χ4v) is 1.87. The van der Waals surface area contributed by atoms with Crippen molar-refractivity contribution in [2.45, 2.75) is 26.7 Å². The highest BCUT2D eigenvalue weighted by molar-refractivity contribution is 5.94. The zero-order chi connectivity index (χ0) is 17.9. The van der Waals surface area contributed by atoms with E-state index in [4.69, 9.17) is 14.0 Å². The first kappa shape index (κ1) is 19.6.